The van der Waals surface area contributed by atoms with Gasteiger partial charge in [-0.3, -0.25) is 4.79 Å². The highest BCUT2D eigenvalue weighted by atomic mass is 16.3. The first-order valence-electron chi connectivity index (χ1n) is 4.53. The lowest BCUT2D eigenvalue weighted by atomic mass is 10.3. The molecule has 0 unspecified atom stereocenters. The van der Waals surface area contributed by atoms with Gasteiger partial charge in [0.05, 0.1) is 11.8 Å². The van der Waals surface area contributed by atoms with Crippen molar-refractivity contribution in [3.8, 4) is 0 Å². The molecule has 4 nitrogen and oxygen atoms in total. The van der Waals surface area contributed by atoms with Gasteiger partial charge in [0.15, 0.2) is 0 Å². The Morgan fingerprint density at radius 3 is 2.57 bits per heavy atom. The van der Waals surface area contributed by atoms with Crippen molar-refractivity contribution in [3.05, 3.63) is 24.2 Å². The summed E-state index contributed by atoms with van der Waals surface area (Å²) in [6.45, 7) is 1.58. The van der Waals surface area contributed by atoms with Crippen LogP contribution in [0, 0.1) is 0 Å². The van der Waals surface area contributed by atoms with Crippen molar-refractivity contribution in [1.82, 2.24) is 9.80 Å². The molecular formula is C10H16N2O2. The average Bonchev–Trinajstić information content (AvgIpc) is 2.65. The smallest absolute Gasteiger partial charge is 0.256 e. The number of hydrogen-bond acceptors (Lipinski definition) is 3. The molecule has 0 aliphatic rings. The van der Waals surface area contributed by atoms with Crippen molar-refractivity contribution in [1.29, 1.82) is 0 Å². The monoisotopic (exact) mass is 196 g/mol. The van der Waals surface area contributed by atoms with E-state index in [9.17, 15) is 4.79 Å². The number of furan rings is 1. The summed E-state index contributed by atoms with van der Waals surface area (Å²) in [4.78, 5) is 15.4. The zero-order chi connectivity index (χ0) is 10.6. The predicted molar refractivity (Wildman–Crippen MR) is 54.2 cm³/mol. The van der Waals surface area contributed by atoms with Crippen molar-refractivity contribution in [2.45, 2.75) is 0 Å². The predicted octanol–water partition coefficient (Wildman–Crippen LogP) is 0.913. The molecule has 4 heteroatoms. The first-order valence-corrected chi connectivity index (χ1v) is 4.53. The average molecular weight is 196 g/mol. The summed E-state index contributed by atoms with van der Waals surface area (Å²) < 4.78 is 4.85. The molecule has 1 aromatic rings. The van der Waals surface area contributed by atoms with Gasteiger partial charge in [-0.05, 0) is 20.2 Å². The second-order valence-electron chi connectivity index (χ2n) is 3.54. The summed E-state index contributed by atoms with van der Waals surface area (Å²) >= 11 is 0. The number of carbonyl (C=O) groups excluding carboxylic acids is 1. The molecule has 14 heavy (non-hydrogen) atoms. The van der Waals surface area contributed by atoms with Gasteiger partial charge >= 0.3 is 0 Å². The third kappa shape index (κ3) is 2.88. The van der Waals surface area contributed by atoms with E-state index in [0.29, 0.717) is 5.56 Å². The van der Waals surface area contributed by atoms with Crippen LogP contribution in [-0.2, 0) is 0 Å². The van der Waals surface area contributed by atoms with Gasteiger partial charge in [-0.2, -0.15) is 0 Å². The Bertz CT molecular complexity index is 280. The maximum atomic E-state index is 11.7. The normalized spacial score (nSPS) is 10.6. The summed E-state index contributed by atoms with van der Waals surface area (Å²) in [5.74, 6) is 0.000556. The van der Waals surface area contributed by atoms with Crippen molar-refractivity contribution in [2.24, 2.45) is 0 Å². The van der Waals surface area contributed by atoms with Crippen LogP contribution >= 0.6 is 0 Å². The van der Waals surface area contributed by atoms with E-state index in [1.807, 2.05) is 19.0 Å². The molecule has 78 valence electrons. The zero-order valence-corrected chi connectivity index (χ0v) is 8.86. The van der Waals surface area contributed by atoms with Crippen LogP contribution in [0.4, 0.5) is 0 Å². The third-order valence-electron chi connectivity index (χ3n) is 2.00. The summed E-state index contributed by atoms with van der Waals surface area (Å²) in [6, 6.07) is 1.68. The fourth-order valence-electron chi connectivity index (χ4n) is 1.06. The van der Waals surface area contributed by atoms with E-state index in [1.54, 1.807) is 18.0 Å². The molecule has 0 fully saturated rings. The van der Waals surface area contributed by atoms with E-state index in [4.69, 9.17) is 4.42 Å². The molecule has 0 bridgehead atoms. The molecule has 0 radical (unpaired) electrons. The lowest BCUT2D eigenvalue weighted by Gasteiger charge is -2.18. The minimum Gasteiger partial charge on any atom is -0.472 e. The number of hydrogen-bond donors (Lipinski definition) is 0. The molecule has 0 N–H and O–H groups in total. The zero-order valence-electron chi connectivity index (χ0n) is 8.86. The van der Waals surface area contributed by atoms with Crippen LogP contribution in [0.2, 0.25) is 0 Å². The van der Waals surface area contributed by atoms with Crippen molar-refractivity contribution >= 4 is 5.91 Å². The largest absolute Gasteiger partial charge is 0.472 e. The van der Waals surface area contributed by atoms with Crippen LogP contribution in [0.25, 0.3) is 0 Å². The topological polar surface area (TPSA) is 36.7 Å². The van der Waals surface area contributed by atoms with Gasteiger partial charge in [0, 0.05) is 20.1 Å². The first-order chi connectivity index (χ1) is 6.61. The minimum atomic E-state index is 0.000556. The lowest BCUT2D eigenvalue weighted by Crippen LogP contribution is -2.33. The van der Waals surface area contributed by atoms with E-state index in [1.165, 1.54) is 12.5 Å². The molecule has 0 atom stereocenters. The molecule has 1 amide bonds. The molecular weight excluding hydrogens is 180 g/mol. The van der Waals surface area contributed by atoms with Crippen LogP contribution in [0.15, 0.2) is 23.0 Å². The fraction of sp³-hybridized carbons (Fsp3) is 0.500. The molecule has 0 spiro atoms. The molecule has 0 aliphatic heterocycles. The van der Waals surface area contributed by atoms with Crippen molar-refractivity contribution < 1.29 is 9.21 Å². The standard InChI is InChI=1S/C10H16N2O2/c1-11(2)5-6-12(3)10(13)9-4-7-14-8-9/h4,7-8H,5-6H2,1-3H3. The Morgan fingerprint density at radius 1 is 1.36 bits per heavy atom. The Hall–Kier alpha value is -1.29. The minimum absolute atomic E-state index is 0.000556. The molecule has 1 rings (SSSR count). The highest BCUT2D eigenvalue weighted by Gasteiger charge is 2.11. The molecule has 0 aliphatic carbocycles. The summed E-state index contributed by atoms with van der Waals surface area (Å²) in [5.41, 5.74) is 0.603. The lowest BCUT2D eigenvalue weighted by molar-refractivity contribution is 0.0785. The first kappa shape index (κ1) is 10.8. The number of carbonyl (C=O) groups is 1. The van der Waals surface area contributed by atoms with E-state index < -0.39 is 0 Å². The van der Waals surface area contributed by atoms with E-state index in [2.05, 4.69) is 0 Å². The van der Waals surface area contributed by atoms with Gasteiger partial charge in [0.25, 0.3) is 5.91 Å². The number of rotatable bonds is 4. The van der Waals surface area contributed by atoms with Gasteiger partial charge in [0.2, 0.25) is 0 Å². The van der Waals surface area contributed by atoms with Crippen LogP contribution < -0.4 is 0 Å². The quantitative estimate of drug-likeness (QED) is 0.718. The summed E-state index contributed by atoms with van der Waals surface area (Å²) in [7, 11) is 5.76. The van der Waals surface area contributed by atoms with Crippen LogP contribution in [0.5, 0.6) is 0 Å². The van der Waals surface area contributed by atoms with E-state index in [-0.39, 0.29) is 5.91 Å². The Morgan fingerprint density at radius 2 is 2.07 bits per heavy atom. The van der Waals surface area contributed by atoms with Gasteiger partial charge in [-0.25, -0.2) is 0 Å². The summed E-state index contributed by atoms with van der Waals surface area (Å²) in [6.07, 6.45) is 2.97. The number of nitrogens with zero attached hydrogens (tertiary/aromatic N) is 2. The van der Waals surface area contributed by atoms with E-state index in [0.717, 1.165) is 13.1 Å². The Kier molecular flexibility index (Phi) is 3.71. The maximum absolute atomic E-state index is 11.7. The molecule has 0 saturated carbocycles. The molecule has 0 aromatic carbocycles. The van der Waals surface area contributed by atoms with E-state index >= 15 is 0 Å². The van der Waals surface area contributed by atoms with Crippen LogP contribution in [-0.4, -0.2) is 49.9 Å². The van der Waals surface area contributed by atoms with Gasteiger partial charge in [-0.15, -0.1) is 0 Å². The maximum Gasteiger partial charge on any atom is 0.256 e. The molecule has 1 aromatic heterocycles. The summed E-state index contributed by atoms with van der Waals surface area (Å²) in [5, 5.41) is 0. The van der Waals surface area contributed by atoms with Gasteiger partial charge < -0.3 is 14.2 Å². The molecule has 0 saturated heterocycles. The SMILES string of the molecule is CN(C)CCN(C)C(=O)c1ccoc1. The molecule has 1 heterocycles. The fourth-order valence-corrected chi connectivity index (χ4v) is 1.06. The van der Waals surface area contributed by atoms with Gasteiger partial charge in [0.1, 0.15) is 6.26 Å². The second kappa shape index (κ2) is 4.81. The number of amides is 1. The third-order valence-corrected chi connectivity index (χ3v) is 2.00. The highest BCUT2D eigenvalue weighted by molar-refractivity contribution is 5.93. The van der Waals surface area contributed by atoms with Crippen LogP contribution in [0.1, 0.15) is 10.4 Å². The number of likely N-dealkylation sites (N-methyl/N-ethyl adjacent to an activating group) is 2. The van der Waals surface area contributed by atoms with Crippen molar-refractivity contribution in [2.75, 3.05) is 34.2 Å². The second-order valence-corrected chi connectivity index (χ2v) is 3.54. The highest BCUT2D eigenvalue weighted by Crippen LogP contribution is 2.03. The Balaban J connectivity index is 2.45. The Labute approximate surface area is 84.1 Å². The van der Waals surface area contributed by atoms with Crippen molar-refractivity contribution in [3.63, 3.8) is 0 Å². The van der Waals surface area contributed by atoms with Crippen LogP contribution in [0.3, 0.4) is 0 Å². The van der Waals surface area contributed by atoms with Gasteiger partial charge in [-0.1, -0.05) is 0 Å².